The minimum atomic E-state index is -0.349. The number of esters is 1. The predicted octanol–water partition coefficient (Wildman–Crippen LogP) is 2.60. The second kappa shape index (κ2) is 16.0. The lowest BCUT2D eigenvalue weighted by molar-refractivity contribution is -0.148. The van der Waals surface area contributed by atoms with Gasteiger partial charge in [-0.15, -0.1) is 0 Å². The quantitative estimate of drug-likeness (QED) is 0.336. The number of unbranched alkanes of at least 4 members (excludes halogenated alkanes) is 1. The van der Waals surface area contributed by atoms with Crippen LogP contribution in [0.15, 0.2) is 30.3 Å². The fraction of sp³-hybridized carbons (Fsp3) is 0.632. The summed E-state index contributed by atoms with van der Waals surface area (Å²) >= 11 is 0. The van der Waals surface area contributed by atoms with Crippen molar-refractivity contribution in [3.63, 3.8) is 0 Å². The molecule has 0 radical (unpaired) electrons. The molecule has 0 aliphatic heterocycles. The van der Waals surface area contributed by atoms with E-state index >= 15 is 0 Å². The average Bonchev–Trinajstić information content (AvgIpc) is 2.63. The smallest absolute Gasteiger partial charge is 0.332 e. The first-order valence-electron chi connectivity index (χ1n) is 8.83. The monoisotopic (exact) mass is 354 g/mol. The molecule has 25 heavy (non-hydrogen) atoms. The Bertz CT molecular complexity index is 423. The second-order valence-corrected chi connectivity index (χ2v) is 5.33. The van der Waals surface area contributed by atoms with Crippen molar-refractivity contribution in [1.82, 2.24) is 0 Å². The van der Waals surface area contributed by atoms with Gasteiger partial charge in [0.05, 0.1) is 39.6 Å². The number of carbonyl (C=O) groups is 1. The number of carbonyl (C=O) groups excluding carboxylic acids is 1. The summed E-state index contributed by atoms with van der Waals surface area (Å²) in [6, 6.07) is 10.2. The zero-order chi connectivity index (χ0) is 18.0. The summed E-state index contributed by atoms with van der Waals surface area (Å²) < 4.78 is 26.3. The fourth-order valence-corrected chi connectivity index (χ4v) is 1.97. The van der Waals surface area contributed by atoms with Crippen molar-refractivity contribution >= 4 is 5.97 Å². The highest BCUT2D eigenvalue weighted by atomic mass is 16.6. The Hall–Kier alpha value is -1.47. The number of ether oxygens (including phenoxy) is 5. The van der Waals surface area contributed by atoms with Gasteiger partial charge < -0.3 is 23.7 Å². The number of rotatable bonds is 16. The maximum atomic E-state index is 11.0. The van der Waals surface area contributed by atoms with E-state index in [0.29, 0.717) is 46.2 Å². The van der Waals surface area contributed by atoms with Crippen LogP contribution in [0.1, 0.15) is 25.3 Å². The van der Waals surface area contributed by atoms with Gasteiger partial charge in [0.25, 0.3) is 0 Å². The topological polar surface area (TPSA) is 63.2 Å². The lowest BCUT2D eigenvalue weighted by atomic mass is 10.2. The van der Waals surface area contributed by atoms with E-state index in [9.17, 15) is 4.79 Å². The Morgan fingerprint density at radius 1 is 0.800 bits per heavy atom. The molecule has 0 N–H and O–H groups in total. The summed E-state index contributed by atoms with van der Waals surface area (Å²) in [5, 5.41) is 0. The van der Waals surface area contributed by atoms with Gasteiger partial charge in [-0.1, -0.05) is 30.3 Å². The largest absolute Gasteiger partial charge is 0.464 e. The van der Waals surface area contributed by atoms with Gasteiger partial charge in [0.1, 0.15) is 6.61 Å². The van der Waals surface area contributed by atoms with E-state index in [1.54, 1.807) is 6.92 Å². The van der Waals surface area contributed by atoms with Crippen LogP contribution in [0.25, 0.3) is 0 Å². The molecule has 0 saturated heterocycles. The Labute approximate surface area is 150 Å². The molecule has 0 bridgehead atoms. The normalized spacial score (nSPS) is 10.8. The van der Waals surface area contributed by atoms with Crippen LogP contribution in [0.3, 0.4) is 0 Å². The van der Waals surface area contributed by atoms with Crippen molar-refractivity contribution in [3.8, 4) is 0 Å². The molecule has 0 heterocycles. The summed E-state index contributed by atoms with van der Waals surface area (Å²) in [5.41, 5.74) is 1.20. The van der Waals surface area contributed by atoms with E-state index in [1.807, 2.05) is 18.2 Å². The highest BCUT2D eigenvalue weighted by Gasteiger charge is 2.00. The minimum Gasteiger partial charge on any atom is -0.464 e. The maximum Gasteiger partial charge on any atom is 0.332 e. The second-order valence-electron chi connectivity index (χ2n) is 5.33. The average molecular weight is 354 g/mol. The van der Waals surface area contributed by atoms with Crippen molar-refractivity contribution in [3.05, 3.63) is 35.9 Å². The number of benzene rings is 1. The summed E-state index contributed by atoms with van der Waals surface area (Å²) in [5.74, 6) is -0.349. The van der Waals surface area contributed by atoms with Gasteiger partial charge in [0, 0.05) is 13.2 Å². The van der Waals surface area contributed by atoms with Crippen LogP contribution in [0.4, 0.5) is 0 Å². The fourth-order valence-electron chi connectivity index (χ4n) is 1.97. The summed E-state index contributed by atoms with van der Waals surface area (Å²) in [7, 11) is 0. The minimum absolute atomic E-state index is 0.0277. The Kier molecular flexibility index (Phi) is 13.8. The van der Waals surface area contributed by atoms with Gasteiger partial charge >= 0.3 is 5.97 Å². The molecule has 0 fully saturated rings. The molecule has 0 spiro atoms. The van der Waals surface area contributed by atoms with Crippen LogP contribution in [-0.2, 0) is 35.1 Å². The van der Waals surface area contributed by atoms with E-state index in [-0.39, 0.29) is 12.6 Å². The van der Waals surface area contributed by atoms with E-state index < -0.39 is 0 Å². The third kappa shape index (κ3) is 13.5. The van der Waals surface area contributed by atoms with Gasteiger partial charge in [0.2, 0.25) is 0 Å². The summed E-state index contributed by atoms with van der Waals surface area (Å²) in [4.78, 5) is 11.0. The Morgan fingerprint density at radius 2 is 1.40 bits per heavy atom. The van der Waals surface area contributed by atoms with Gasteiger partial charge in [-0.25, -0.2) is 4.79 Å². The van der Waals surface area contributed by atoms with E-state index in [0.717, 1.165) is 19.4 Å². The molecule has 0 saturated carbocycles. The number of hydrogen-bond acceptors (Lipinski definition) is 6. The van der Waals surface area contributed by atoms with Crippen LogP contribution in [-0.4, -0.2) is 58.8 Å². The van der Waals surface area contributed by atoms with Crippen LogP contribution >= 0.6 is 0 Å². The lowest BCUT2D eigenvalue weighted by Crippen LogP contribution is -2.16. The molecule has 6 heteroatoms. The third-order valence-electron chi connectivity index (χ3n) is 3.21. The van der Waals surface area contributed by atoms with E-state index in [1.165, 1.54) is 5.56 Å². The molecule has 0 aromatic heterocycles. The maximum absolute atomic E-state index is 11.0. The molecule has 6 nitrogen and oxygen atoms in total. The molecule has 0 amide bonds. The molecule has 0 aliphatic carbocycles. The van der Waals surface area contributed by atoms with Crippen LogP contribution in [0.5, 0.6) is 0 Å². The first-order valence-corrected chi connectivity index (χ1v) is 8.83. The highest BCUT2D eigenvalue weighted by molar-refractivity contribution is 5.70. The molecule has 142 valence electrons. The van der Waals surface area contributed by atoms with Crippen molar-refractivity contribution in [2.75, 3.05) is 52.9 Å². The van der Waals surface area contributed by atoms with Crippen molar-refractivity contribution in [2.24, 2.45) is 0 Å². The van der Waals surface area contributed by atoms with Crippen molar-refractivity contribution in [2.45, 2.75) is 26.4 Å². The van der Waals surface area contributed by atoms with Crippen LogP contribution in [0.2, 0.25) is 0 Å². The zero-order valence-corrected chi connectivity index (χ0v) is 15.1. The first kappa shape index (κ1) is 21.6. The SMILES string of the molecule is CCOC(=O)COCCOCCOCCCCOCc1ccccc1. The van der Waals surface area contributed by atoms with Crippen LogP contribution < -0.4 is 0 Å². The van der Waals surface area contributed by atoms with Gasteiger partial charge in [-0.05, 0) is 25.3 Å². The summed E-state index contributed by atoms with van der Waals surface area (Å²) in [6.07, 6.45) is 1.95. The first-order chi connectivity index (χ1) is 12.3. The number of hydrogen-bond donors (Lipinski definition) is 0. The Morgan fingerprint density at radius 3 is 2.08 bits per heavy atom. The molecule has 0 atom stereocenters. The standard InChI is InChI=1S/C19H30O6/c1-2-25-19(20)17-24-15-14-22-13-12-21-10-6-7-11-23-16-18-8-4-3-5-9-18/h3-5,8-9H,2,6-7,10-17H2,1H3. The third-order valence-corrected chi connectivity index (χ3v) is 3.21. The molecular weight excluding hydrogens is 324 g/mol. The lowest BCUT2D eigenvalue weighted by Gasteiger charge is -2.07. The Balaban J connectivity index is 1.74. The molecule has 1 aromatic rings. The van der Waals surface area contributed by atoms with E-state index in [4.69, 9.17) is 23.7 Å². The molecule has 1 aromatic carbocycles. The highest BCUT2D eigenvalue weighted by Crippen LogP contribution is 2.01. The molecule has 0 aliphatic rings. The van der Waals surface area contributed by atoms with E-state index in [2.05, 4.69) is 12.1 Å². The molecule has 1 rings (SSSR count). The van der Waals surface area contributed by atoms with Crippen molar-refractivity contribution in [1.29, 1.82) is 0 Å². The van der Waals surface area contributed by atoms with Gasteiger partial charge in [-0.2, -0.15) is 0 Å². The van der Waals surface area contributed by atoms with Gasteiger partial charge in [-0.3, -0.25) is 0 Å². The zero-order valence-electron chi connectivity index (χ0n) is 15.1. The summed E-state index contributed by atoms with van der Waals surface area (Å²) in [6.45, 7) is 6.11. The van der Waals surface area contributed by atoms with Gasteiger partial charge in [0.15, 0.2) is 0 Å². The molecular formula is C19H30O6. The molecule has 0 unspecified atom stereocenters. The van der Waals surface area contributed by atoms with Crippen LogP contribution in [0, 0.1) is 0 Å². The predicted molar refractivity (Wildman–Crippen MR) is 94.4 cm³/mol. The van der Waals surface area contributed by atoms with Crippen molar-refractivity contribution < 1.29 is 28.5 Å².